The second-order valence-corrected chi connectivity index (χ2v) is 5.39. The van der Waals surface area contributed by atoms with E-state index in [0.717, 1.165) is 45.5 Å². The van der Waals surface area contributed by atoms with Gasteiger partial charge in [-0.25, -0.2) is 0 Å². The first-order valence-electron chi connectivity index (χ1n) is 7.34. The average molecular weight is 263 g/mol. The van der Waals surface area contributed by atoms with Crippen LogP contribution in [0.4, 0.5) is 0 Å². The van der Waals surface area contributed by atoms with Gasteiger partial charge in [0, 0.05) is 26.1 Å². The van der Waals surface area contributed by atoms with Crippen LogP contribution in [0.2, 0.25) is 0 Å². The van der Waals surface area contributed by atoms with Crippen LogP contribution in [0.3, 0.4) is 0 Å². The summed E-state index contributed by atoms with van der Waals surface area (Å²) in [4.78, 5) is 2.42. The molecule has 19 heavy (non-hydrogen) atoms. The maximum Gasteiger partial charge on any atom is 0.0727 e. The molecule has 1 N–H and O–H groups in total. The molecular weight excluding hydrogens is 238 g/mol. The minimum atomic E-state index is -0.216. The summed E-state index contributed by atoms with van der Waals surface area (Å²) >= 11 is 0. The predicted molar refractivity (Wildman–Crippen MR) is 77.0 cm³/mol. The summed E-state index contributed by atoms with van der Waals surface area (Å²) in [7, 11) is 0. The van der Waals surface area contributed by atoms with Gasteiger partial charge >= 0.3 is 0 Å². The van der Waals surface area contributed by atoms with Crippen molar-refractivity contribution in [3.8, 4) is 0 Å². The van der Waals surface area contributed by atoms with Crippen LogP contribution in [-0.2, 0) is 11.3 Å². The van der Waals surface area contributed by atoms with E-state index in [9.17, 15) is 5.11 Å². The van der Waals surface area contributed by atoms with Crippen LogP contribution in [-0.4, -0.2) is 41.9 Å². The number of nitrogens with zero attached hydrogens (tertiary/aromatic N) is 1. The molecule has 3 heteroatoms. The van der Waals surface area contributed by atoms with Crippen molar-refractivity contribution in [2.45, 2.75) is 44.9 Å². The molecule has 1 heterocycles. The first kappa shape index (κ1) is 14.5. The van der Waals surface area contributed by atoms with E-state index in [4.69, 9.17) is 4.74 Å². The molecule has 0 radical (unpaired) electrons. The molecule has 2 rings (SSSR count). The Morgan fingerprint density at radius 3 is 2.89 bits per heavy atom. The molecule has 2 unspecified atom stereocenters. The van der Waals surface area contributed by atoms with Gasteiger partial charge in [0.25, 0.3) is 0 Å². The number of aliphatic hydroxyl groups is 1. The van der Waals surface area contributed by atoms with Gasteiger partial charge in [-0.15, -0.1) is 0 Å². The van der Waals surface area contributed by atoms with E-state index < -0.39 is 0 Å². The fourth-order valence-electron chi connectivity index (χ4n) is 2.66. The fraction of sp³-hybridized carbons (Fsp3) is 0.625. The van der Waals surface area contributed by atoms with E-state index in [-0.39, 0.29) is 12.2 Å². The van der Waals surface area contributed by atoms with Crippen LogP contribution in [0.15, 0.2) is 30.3 Å². The molecule has 1 saturated heterocycles. The van der Waals surface area contributed by atoms with Crippen molar-refractivity contribution in [3.63, 3.8) is 0 Å². The Kier molecular flexibility index (Phi) is 5.83. The smallest absolute Gasteiger partial charge is 0.0727 e. The third-order valence-electron chi connectivity index (χ3n) is 3.63. The van der Waals surface area contributed by atoms with Crippen LogP contribution >= 0.6 is 0 Å². The number of hydrogen-bond acceptors (Lipinski definition) is 3. The lowest BCUT2D eigenvalue weighted by Crippen LogP contribution is -2.43. The van der Waals surface area contributed by atoms with Crippen LogP contribution in [0.1, 0.15) is 31.7 Å². The van der Waals surface area contributed by atoms with Crippen LogP contribution < -0.4 is 0 Å². The SMILES string of the molecule is CCCC(O)CC1CN(Cc2ccccc2)CCO1. The van der Waals surface area contributed by atoms with Crippen LogP contribution in [0.25, 0.3) is 0 Å². The molecule has 1 aliphatic heterocycles. The molecule has 0 bridgehead atoms. The summed E-state index contributed by atoms with van der Waals surface area (Å²) in [6.45, 7) is 5.76. The zero-order valence-electron chi connectivity index (χ0n) is 11.8. The van der Waals surface area contributed by atoms with E-state index >= 15 is 0 Å². The molecule has 2 atom stereocenters. The molecule has 1 aromatic rings. The summed E-state index contributed by atoms with van der Waals surface area (Å²) < 4.78 is 5.76. The van der Waals surface area contributed by atoms with Gasteiger partial charge in [0.15, 0.2) is 0 Å². The lowest BCUT2D eigenvalue weighted by Gasteiger charge is -2.33. The fourth-order valence-corrected chi connectivity index (χ4v) is 2.66. The van der Waals surface area contributed by atoms with Gasteiger partial charge in [-0.05, 0) is 12.0 Å². The predicted octanol–water partition coefficient (Wildman–Crippen LogP) is 2.44. The molecule has 0 amide bonds. The number of ether oxygens (including phenoxy) is 1. The number of morpholine rings is 1. The second kappa shape index (κ2) is 7.63. The van der Waals surface area contributed by atoms with Crippen LogP contribution in [0, 0.1) is 0 Å². The lowest BCUT2D eigenvalue weighted by molar-refractivity contribution is -0.0529. The van der Waals surface area contributed by atoms with Crippen molar-refractivity contribution in [1.29, 1.82) is 0 Å². The van der Waals surface area contributed by atoms with Crippen molar-refractivity contribution in [3.05, 3.63) is 35.9 Å². The van der Waals surface area contributed by atoms with Crippen molar-refractivity contribution in [2.75, 3.05) is 19.7 Å². The minimum absolute atomic E-state index is 0.180. The van der Waals surface area contributed by atoms with Crippen molar-refractivity contribution in [1.82, 2.24) is 4.90 Å². The Hall–Kier alpha value is -0.900. The van der Waals surface area contributed by atoms with E-state index in [0.29, 0.717) is 0 Å². The molecule has 106 valence electrons. The molecule has 0 spiro atoms. The highest BCUT2D eigenvalue weighted by Gasteiger charge is 2.22. The van der Waals surface area contributed by atoms with Crippen molar-refractivity contribution >= 4 is 0 Å². The Labute approximate surface area is 116 Å². The van der Waals surface area contributed by atoms with E-state index in [1.165, 1.54) is 5.56 Å². The number of benzene rings is 1. The Morgan fingerprint density at radius 2 is 2.16 bits per heavy atom. The van der Waals surface area contributed by atoms with Gasteiger partial charge in [0.05, 0.1) is 18.8 Å². The largest absolute Gasteiger partial charge is 0.393 e. The normalized spacial score (nSPS) is 22.3. The molecular formula is C16H25NO2. The summed E-state index contributed by atoms with van der Waals surface area (Å²) in [6, 6.07) is 10.5. The van der Waals surface area contributed by atoms with E-state index in [1.54, 1.807) is 0 Å². The van der Waals surface area contributed by atoms with Gasteiger partial charge in [0.2, 0.25) is 0 Å². The highest BCUT2D eigenvalue weighted by Crippen LogP contribution is 2.15. The maximum atomic E-state index is 9.88. The number of aliphatic hydroxyl groups excluding tert-OH is 1. The standard InChI is InChI=1S/C16H25NO2/c1-2-6-15(18)11-16-13-17(9-10-19-16)12-14-7-4-3-5-8-14/h3-5,7-8,15-16,18H,2,6,9-13H2,1H3. The van der Waals surface area contributed by atoms with Gasteiger partial charge < -0.3 is 9.84 Å². The third-order valence-corrected chi connectivity index (χ3v) is 3.63. The zero-order valence-corrected chi connectivity index (χ0v) is 11.8. The third kappa shape index (κ3) is 4.94. The van der Waals surface area contributed by atoms with E-state index in [2.05, 4.69) is 36.1 Å². The molecule has 1 aliphatic rings. The zero-order chi connectivity index (χ0) is 13.5. The molecule has 1 fully saturated rings. The van der Waals surface area contributed by atoms with Gasteiger partial charge in [-0.3, -0.25) is 4.90 Å². The molecule has 3 nitrogen and oxygen atoms in total. The van der Waals surface area contributed by atoms with Crippen LogP contribution in [0.5, 0.6) is 0 Å². The lowest BCUT2D eigenvalue weighted by atomic mass is 10.1. The van der Waals surface area contributed by atoms with E-state index in [1.807, 2.05) is 6.07 Å². The van der Waals surface area contributed by atoms with Crippen molar-refractivity contribution < 1.29 is 9.84 Å². The first-order chi connectivity index (χ1) is 9.28. The Bertz CT molecular complexity index is 355. The minimum Gasteiger partial charge on any atom is -0.393 e. The topological polar surface area (TPSA) is 32.7 Å². The highest BCUT2D eigenvalue weighted by atomic mass is 16.5. The quantitative estimate of drug-likeness (QED) is 0.855. The maximum absolute atomic E-state index is 9.88. The number of hydrogen-bond donors (Lipinski definition) is 1. The van der Waals surface area contributed by atoms with Crippen molar-refractivity contribution in [2.24, 2.45) is 0 Å². The van der Waals surface area contributed by atoms with Gasteiger partial charge in [-0.1, -0.05) is 43.7 Å². The molecule has 1 aromatic carbocycles. The highest BCUT2D eigenvalue weighted by molar-refractivity contribution is 5.14. The second-order valence-electron chi connectivity index (χ2n) is 5.39. The summed E-state index contributed by atoms with van der Waals surface area (Å²) in [5, 5.41) is 9.88. The van der Waals surface area contributed by atoms with Gasteiger partial charge in [-0.2, -0.15) is 0 Å². The summed E-state index contributed by atoms with van der Waals surface area (Å²) in [6.07, 6.45) is 2.63. The molecule has 0 aromatic heterocycles. The Morgan fingerprint density at radius 1 is 1.37 bits per heavy atom. The van der Waals surface area contributed by atoms with Gasteiger partial charge in [0.1, 0.15) is 0 Å². The first-order valence-corrected chi connectivity index (χ1v) is 7.34. The summed E-state index contributed by atoms with van der Waals surface area (Å²) in [5.74, 6) is 0. The number of rotatable bonds is 6. The molecule has 0 saturated carbocycles. The molecule has 0 aliphatic carbocycles. The average Bonchev–Trinajstić information content (AvgIpc) is 2.40. The monoisotopic (exact) mass is 263 g/mol. The summed E-state index contributed by atoms with van der Waals surface area (Å²) in [5.41, 5.74) is 1.34. The Balaban J connectivity index is 1.80.